The minimum atomic E-state index is 0.590. The number of anilines is 1. The van der Waals surface area contributed by atoms with Crippen molar-refractivity contribution in [1.29, 1.82) is 0 Å². The van der Waals surface area contributed by atoms with E-state index in [9.17, 15) is 0 Å². The van der Waals surface area contributed by atoms with Crippen LogP contribution in [0.3, 0.4) is 0 Å². The maximum atomic E-state index is 3.68. The number of hydrogen-bond donors (Lipinski definition) is 1. The number of rotatable bonds is 6. The SMILES string of the molecule is CCCCC(CC)Nc1c(C)cc(C)cc1Br. The van der Waals surface area contributed by atoms with Crippen LogP contribution in [-0.4, -0.2) is 6.04 Å². The average Bonchev–Trinajstić information content (AvgIpc) is 2.27. The monoisotopic (exact) mass is 297 g/mol. The van der Waals surface area contributed by atoms with Gasteiger partial charge in [0.2, 0.25) is 0 Å². The van der Waals surface area contributed by atoms with E-state index < -0.39 is 0 Å². The molecule has 0 bridgehead atoms. The van der Waals surface area contributed by atoms with Crippen molar-refractivity contribution < 1.29 is 0 Å². The van der Waals surface area contributed by atoms with Crippen molar-refractivity contribution in [3.8, 4) is 0 Å². The van der Waals surface area contributed by atoms with Gasteiger partial charge in [-0.05, 0) is 59.8 Å². The van der Waals surface area contributed by atoms with Crippen molar-refractivity contribution in [2.45, 2.75) is 59.4 Å². The molecule has 0 heterocycles. The van der Waals surface area contributed by atoms with Gasteiger partial charge in [-0.1, -0.05) is 32.8 Å². The van der Waals surface area contributed by atoms with Crippen LogP contribution in [0, 0.1) is 13.8 Å². The molecule has 1 unspecified atom stereocenters. The van der Waals surface area contributed by atoms with E-state index in [0.717, 1.165) is 0 Å². The van der Waals surface area contributed by atoms with Gasteiger partial charge in [-0.15, -0.1) is 0 Å². The molecular formula is C15H24BrN. The summed E-state index contributed by atoms with van der Waals surface area (Å²) in [6, 6.07) is 5.01. The molecule has 1 aromatic carbocycles. The van der Waals surface area contributed by atoms with Crippen molar-refractivity contribution in [3.05, 3.63) is 27.7 Å². The summed E-state index contributed by atoms with van der Waals surface area (Å²) in [5.41, 5.74) is 3.90. The maximum absolute atomic E-state index is 3.68. The first kappa shape index (κ1) is 14.6. The Hall–Kier alpha value is -0.500. The largest absolute Gasteiger partial charge is 0.381 e. The summed E-state index contributed by atoms with van der Waals surface area (Å²) in [5.74, 6) is 0. The zero-order valence-electron chi connectivity index (χ0n) is 11.4. The van der Waals surface area contributed by atoms with Gasteiger partial charge in [0.15, 0.2) is 0 Å². The Morgan fingerprint density at radius 2 is 1.94 bits per heavy atom. The van der Waals surface area contributed by atoms with Crippen LogP contribution in [-0.2, 0) is 0 Å². The van der Waals surface area contributed by atoms with Crippen LogP contribution in [0.2, 0.25) is 0 Å². The number of halogens is 1. The third-order valence-electron chi connectivity index (χ3n) is 3.18. The van der Waals surface area contributed by atoms with Gasteiger partial charge >= 0.3 is 0 Å². The standard InChI is InChI=1S/C15H24BrN/c1-5-7-8-13(6-2)17-15-12(4)9-11(3)10-14(15)16/h9-10,13,17H,5-8H2,1-4H3. The summed E-state index contributed by atoms with van der Waals surface area (Å²) in [7, 11) is 0. The fourth-order valence-corrected chi connectivity index (χ4v) is 2.92. The Bertz CT molecular complexity index is 337. The highest BCUT2D eigenvalue weighted by Crippen LogP contribution is 2.29. The molecule has 17 heavy (non-hydrogen) atoms. The van der Waals surface area contributed by atoms with E-state index in [4.69, 9.17) is 0 Å². The quantitative estimate of drug-likeness (QED) is 0.736. The van der Waals surface area contributed by atoms with E-state index in [2.05, 4.69) is 61.1 Å². The van der Waals surface area contributed by atoms with Crippen molar-refractivity contribution in [2.24, 2.45) is 0 Å². The smallest absolute Gasteiger partial charge is 0.0516 e. The lowest BCUT2D eigenvalue weighted by Crippen LogP contribution is -2.19. The summed E-state index contributed by atoms with van der Waals surface area (Å²) < 4.78 is 1.19. The van der Waals surface area contributed by atoms with Gasteiger partial charge in [-0.3, -0.25) is 0 Å². The lowest BCUT2D eigenvalue weighted by molar-refractivity contribution is 0.593. The van der Waals surface area contributed by atoms with Crippen molar-refractivity contribution >= 4 is 21.6 Å². The zero-order chi connectivity index (χ0) is 12.8. The molecule has 96 valence electrons. The van der Waals surface area contributed by atoms with Gasteiger partial charge in [0.25, 0.3) is 0 Å². The number of aryl methyl sites for hydroxylation is 2. The molecule has 1 aromatic rings. The molecule has 0 saturated carbocycles. The molecule has 0 aliphatic heterocycles. The van der Waals surface area contributed by atoms with Gasteiger partial charge in [0.1, 0.15) is 0 Å². The summed E-state index contributed by atoms with van der Waals surface area (Å²) in [6.45, 7) is 8.81. The molecule has 2 heteroatoms. The minimum Gasteiger partial charge on any atom is -0.381 e. The molecule has 0 aromatic heterocycles. The van der Waals surface area contributed by atoms with Crippen LogP contribution in [0.1, 0.15) is 50.7 Å². The Morgan fingerprint density at radius 1 is 1.24 bits per heavy atom. The highest BCUT2D eigenvalue weighted by Gasteiger charge is 2.10. The molecule has 0 aliphatic carbocycles. The normalized spacial score (nSPS) is 12.5. The Kier molecular flexibility index (Phi) is 6.04. The van der Waals surface area contributed by atoms with E-state index in [-0.39, 0.29) is 0 Å². The first-order valence-electron chi connectivity index (χ1n) is 6.61. The summed E-state index contributed by atoms with van der Waals surface area (Å²) in [6.07, 6.45) is 5.01. The zero-order valence-corrected chi connectivity index (χ0v) is 13.0. The summed E-state index contributed by atoms with van der Waals surface area (Å²) >= 11 is 3.66. The van der Waals surface area contributed by atoms with Crippen LogP contribution in [0.5, 0.6) is 0 Å². The molecule has 0 amide bonds. The minimum absolute atomic E-state index is 0.590. The van der Waals surface area contributed by atoms with Gasteiger partial charge in [-0.25, -0.2) is 0 Å². The van der Waals surface area contributed by atoms with Gasteiger partial charge in [-0.2, -0.15) is 0 Å². The second kappa shape index (κ2) is 7.05. The maximum Gasteiger partial charge on any atom is 0.0516 e. The highest BCUT2D eigenvalue weighted by molar-refractivity contribution is 9.10. The Balaban J connectivity index is 2.78. The van der Waals surface area contributed by atoms with E-state index in [1.807, 2.05) is 0 Å². The molecule has 0 aliphatic rings. The van der Waals surface area contributed by atoms with Gasteiger partial charge in [0, 0.05) is 10.5 Å². The Labute approximate surface area is 114 Å². The third kappa shape index (κ3) is 4.34. The van der Waals surface area contributed by atoms with E-state index in [1.54, 1.807) is 0 Å². The van der Waals surface area contributed by atoms with Gasteiger partial charge in [0.05, 0.1) is 5.69 Å². The molecular weight excluding hydrogens is 274 g/mol. The molecule has 0 fully saturated rings. The number of unbranched alkanes of at least 4 members (excludes halogenated alkanes) is 1. The van der Waals surface area contributed by atoms with E-state index >= 15 is 0 Å². The lowest BCUT2D eigenvalue weighted by Gasteiger charge is -2.21. The highest BCUT2D eigenvalue weighted by atomic mass is 79.9. The first-order valence-corrected chi connectivity index (χ1v) is 7.41. The van der Waals surface area contributed by atoms with Crippen LogP contribution >= 0.6 is 15.9 Å². The number of nitrogens with one attached hydrogen (secondary N) is 1. The van der Waals surface area contributed by atoms with Crippen molar-refractivity contribution in [1.82, 2.24) is 0 Å². The second-order valence-corrected chi connectivity index (χ2v) is 5.68. The Morgan fingerprint density at radius 3 is 2.47 bits per heavy atom. The predicted molar refractivity (Wildman–Crippen MR) is 80.8 cm³/mol. The summed E-state index contributed by atoms with van der Waals surface area (Å²) in [4.78, 5) is 0. The molecule has 0 radical (unpaired) electrons. The molecule has 0 spiro atoms. The predicted octanol–water partition coefficient (Wildman–Crippen LogP) is 5.45. The van der Waals surface area contributed by atoms with Crippen LogP contribution in [0.25, 0.3) is 0 Å². The van der Waals surface area contributed by atoms with Crippen molar-refractivity contribution in [2.75, 3.05) is 5.32 Å². The second-order valence-electron chi connectivity index (χ2n) is 4.83. The number of hydrogen-bond acceptors (Lipinski definition) is 1. The molecule has 1 nitrogen and oxygen atoms in total. The topological polar surface area (TPSA) is 12.0 Å². The first-order chi connectivity index (χ1) is 8.08. The van der Waals surface area contributed by atoms with E-state index in [1.165, 1.54) is 47.0 Å². The molecule has 0 saturated heterocycles. The van der Waals surface area contributed by atoms with Crippen LogP contribution in [0.4, 0.5) is 5.69 Å². The molecule has 1 N–H and O–H groups in total. The average molecular weight is 298 g/mol. The van der Waals surface area contributed by atoms with Gasteiger partial charge < -0.3 is 5.32 Å². The van der Waals surface area contributed by atoms with Crippen molar-refractivity contribution in [3.63, 3.8) is 0 Å². The van der Waals surface area contributed by atoms with Crippen LogP contribution < -0.4 is 5.32 Å². The fourth-order valence-electron chi connectivity index (χ4n) is 2.13. The number of benzene rings is 1. The van der Waals surface area contributed by atoms with Crippen LogP contribution in [0.15, 0.2) is 16.6 Å². The molecule has 1 rings (SSSR count). The fraction of sp³-hybridized carbons (Fsp3) is 0.600. The molecule has 1 atom stereocenters. The third-order valence-corrected chi connectivity index (χ3v) is 3.80. The lowest BCUT2D eigenvalue weighted by atomic mass is 10.1. The summed E-state index contributed by atoms with van der Waals surface area (Å²) in [5, 5.41) is 3.68. The van der Waals surface area contributed by atoms with E-state index in [0.29, 0.717) is 6.04 Å².